The van der Waals surface area contributed by atoms with Gasteiger partial charge in [0.15, 0.2) is 5.16 Å². The number of rotatable bonds is 6. The number of hydrogen-bond donors (Lipinski definition) is 1. The van der Waals surface area contributed by atoms with E-state index in [1.54, 1.807) is 13.4 Å². The number of ether oxygens (including phenoxy) is 1. The molecule has 3 rings (SSSR count). The van der Waals surface area contributed by atoms with Gasteiger partial charge in [0.1, 0.15) is 12.1 Å². The summed E-state index contributed by atoms with van der Waals surface area (Å²) in [5, 5.41) is 11.5. The van der Waals surface area contributed by atoms with Crippen LogP contribution in [-0.2, 0) is 4.79 Å². The first kappa shape index (κ1) is 17.5. The molecule has 0 fully saturated rings. The molecule has 0 radical (unpaired) electrons. The Bertz CT molecular complexity index is 867. The molecule has 128 valence electrons. The van der Waals surface area contributed by atoms with Crippen LogP contribution in [0.2, 0.25) is 0 Å². The number of para-hydroxylation sites is 1. The van der Waals surface area contributed by atoms with Crippen molar-refractivity contribution in [3.8, 4) is 11.4 Å². The largest absolute Gasteiger partial charge is 0.497 e. The van der Waals surface area contributed by atoms with E-state index in [0.717, 1.165) is 21.6 Å². The number of amides is 1. The third-order valence-electron chi connectivity index (χ3n) is 3.35. The first-order valence-electron chi connectivity index (χ1n) is 7.39. The number of thioether (sulfide) groups is 1. The zero-order valence-electron chi connectivity index (χ0n) is 13.3. The Morgan fingerprint density at radius 2 is 2.00 bits per heavy atom. The number of carbonyl (C=O) groups excluding carboxylic acids is 1. The fraction of sp³-hybridized carbons (Fsp3) is 0.118. The maximum atomic E-state index is 12.2. The summed E-state index contributed by atoms with van der Waals surface area (Å²) >= 11 is 4.73. The lowest BCUT2D eigenvalue weighted by atomic mass is 10.3. The lowest BCUT2D eigenvalue weighted by molar-refractivity contribution is -0.113. The van der Waals surface area contributed by atoms with Crippen molar-refractivity contribution in [3.63, 3.8) is 0 Å². The van der Waals surface area contributed by atoms with Gasteiger partial charge in [0.05, 0.1) is 18.6 Å². The average molecular weight is 419 g/mol. The zero-order valence-corrected chi connectivity index (χ0v) is 15.8. The summed E-state index contributed by atoms with van der Waals surface area (Å²) in [5.74, 6) is 0.899. The minimum atomic E-state index is -0.110. The number of aromatic nitrogens is 3. The molecular weight excluding hydrogens is 404 g/mol. The smallest absolute Gasteiger partial charge is 0.234 e. The Balaban J connectivity index is 1.65. The molecule has 0 bridgehead atoms. The molecule has 2 aromatic carbocycles. The highest BCUT2D eigenvalue weighted by Crippen LogP contribution is 2.23. The predicted octanol–water partition coefficient (Wildman–Crippen LogP) is 3.77. The highest BCUT2D eigenvalue weighted by atomic mass is 79.9. The van der Waals surface area contributed by atoms with Gasteiger partial charge in [0, 0.05) is 10.2 Å². The van der Waals surface area contributed by atoms with Crippen LogP contribution in [-0.4, -0.2) is 33.5 Å². The van der Waals surface area contributed by atoms with Crippen molar-refractivity contribution < 1.29 is 9.53 Å². The molecule has 1 heterocycles. The molecule has 0 aliphatic rings. The van der Waals surface area contributed by atoms with E-state index in [2.05, 4.69) is 31.4 Å². The second-order valence-electron chi connectivity index (χ2n) is 5.00. The maximum absolute atomic E-state index is 12.2. The molecule has 0 atom stereocenters. The monoisotopic (exact) mass is 418 g/mol. The molecule has 0 unspecified atom stereocenters. The Hall–Kier alpha value is -2.32. The number of carbonyl (C=O) groups is 1. The van der Waals surface area contributed by atoms with Crippen LogP contribution < -0.4 is 10.1 Å². The predicted molar refractivity (Wildman–Crippen MR) is 101 cm³/mol. The molecule has 0 aliphatic heterocycles. The second-order valence-corrected chi connectivity index (χ2v) is 6.80. The van der Waals surface area contributed by atoms with Crippen molar-refractivity contribution in [2.24, 2.45) is 0 Å². The molecule has 0 aliphatic carbocycles. The number of nitrogens with zero attached hydrogens (tertiary/aromatic N) is 3. The van der Waals surface area contributed by atoms with Gasteiger partial charge in [-0.25, -0.2) is 0 Å². The number of halogens is 1. The molecule has 3 aromatic rings. The summed E-state index contributed by atoms with van der Waals surface area (Å²) in [6, 6.07) is 15.0. The molecule has 0 saturated carbocycles. The van der Waals surface area contributed by atoms with Crippen LogP contribution >= 0.6 is 27.7 Å². The Morgan fingerprint density at radius 3 is 2.72 bits per heavy atom. The summed E-state index contributed by atoms with van der Waals surface area (Å²) in [7, 11) is 1.62. The van der Waals surface area contributed by atoms with Crippen LogP contribution in [0, 0.1) is 0 Å². The number of methoxy groups -OCH3 is 1. The molecule has 0 saturated heterocycles. The lowest BCUT2D eigenvalue weighted by Gasteiger charge is -2.08. The Morgan fingerprint density at radius 1 is 1.24 bits per heavy atom. The van der Waals surface area contributed by atoms with Crippen molar-refractivity contribution in [1.29, 1.82) is 0 Å². The maximum Gasteiger partial charge on any atom is 0.234 e. The molecule has 6 nitrogen and oxygen atoms in total. The van der Waals surface area contributed by atoms with Gasteiger partial charge < -0.3 is 10.1 Å². The SMILES string of the molecule is COc1ccc(-n2cnnc2SCC(=O)Nc2ccccc2Br)cc1. The summed E-state index contributed by atoms with van der Waals surface area (Å²) in [6.07, 6.45) is 1.62. The van der Waals surface area contributed by atoms with E-state index in [1.807, 2.05) is 53.1 Å². The van der Waals surface area contributed by atoms with E-state index in [9.17, 15) is 4.79 Å². The highest BCUT2D eigenvalue weighted by molar-refractivity contribution is 9.10. The third-order valence-corrected chi connectivity index (χ3v) is 4.98. The fourth-order valence-corrected chi connectivity index (χ4v) is 3.23. The van der Waals surface area contributed by atoms with Gasteiger partial charge >= 0.3 is 0 Å². The van der Waals surface area contributed by atoms with Crippen molar-refractivity contribution >= 4 is 39.3 Å². The summed E-state index contributed by atoms with van der Waals surface area (Å²) in [6.45, 7) is 0. The Kier molecular flexibility index (Phi) is 5.72. The first-order chi connectivity index (χ1) is 12.2. The normalized spacial score (nSPS) is 10.5. The zero-order chi connectivity index (χ0) is 17.6. The van der Waals surface area contributed by atoms with E-state index < -0.39 is 0 Å². The van der Waals surface area contributed by atoms with Crippen molar-refractivity contribution in [1.82, 2.24) is 14.8 Å². The van der Waals surface area contributed by atoms with E-state index in [0.29, 0.717) is 5.16 Å². The van der Waals surface area contributed by atoms with Gasteiger partial charge in [0.25, 0.3) is 0 Å². The van der Waals surface area contributed by atoms with Gasteiger partial charge in [-0.3, -0.25) is 9.36 Å². The molecule has 0 spiro atoms. The van der Waals surface area contributed by atoms with Gasteiger partial charge in [-0.2, -0.15) is 0 Å². The lowest BCUT2D eigenvalue weighted by Crippen LogP contribution is -2.14. The summed E-state index contributed by atoms with van der Waals surface area (Å²) in [4.78, 5) is 12.2. The van der Waals surface area contributed by atoms with E-state index in [1.165, 1.54) is 11.8 Å². The quantitative estimate of drug-likeness (QED) is 0.616. The van der Waals surface area contributed by atoms with Crippen LogP contribution in [0.3, 0.4) is 0 Å². The topological polar surface area (TPSA) is 69.0 Å². The minimum Gasteiger partial charge on any atom is -0.497 e. The minimum absolute atomic E-state index is 0.110. The van der Waals surface area contributed by atoms with E-state index >= 15 is 0 Å². The standard InChI is InChI=1S/C17H15BrN4O2S/c1-24-13-8-6-12(7-9-13)22-11-19-21-17(22)25-10-16(23)20-15-5-3-2-4-14(15)18/h2-9,11H,10H2,1H3,(H,20,23). The van der Waals surface area contributed by atoms with Crippen LogP contribution in [0.15, 0.2) is 64.5 Å². The number of hydrogen-bond acceptors (Lipinski definition) is 5. The fourth-order valence-electron chi connectivity index (χ4n) is 2.12. The molecule has 8 heteroatoms. The molecule has 1 amide bonds. The van der Waals surface area contributed by atoms with Crippen LogP contribution in [0.25, 0.3) is 5.69 Å². The summed E-state index contributed by atoms with van der Waals surface area (Å²) < 4.78 is 7.83. The van der Waals surface area contributed by atoms with Gasteiger partial charge in [-0.1, -0.05) is 23.9 Å². The number of anilines is 1. The molecule has 1 N–H and O–H groups in total. The summed E-state index contributed by atoms with van der Waals surface area (Å²) in [5.41, 5.74) is 1.64. The molecular formula is C17H15BrN4O2S. The van der Waals surface area contributed by atoms with E-state index in [4.69, 9.17) is 4.74 Å². The van der Waals surface area contributed by atoms with Gasteiger partial charge in [-0.05, 0) is 52.3 Å². The van der Waals surface area contributed by atoms with E-state index in [-0.39, 0.29) is 11.7 Å². The third kappa shape index (κ3) is 4.40. The second kappa shape index (κ2) is 8.17. The van der Waals surface area contributed by atoms with Crippen LogP contribution in [0.4, 0.5) is 5.69 Å². The first-order valence-corrected chi connectivity index (χ1v) is 9.17. The number of benzene rings is 2. The highest BCUT2D eigenvalue weighted by Gasteiger charge is 2.11. The van der Waals surface area contributed by atoms with Crippen LogP contribution in [0.5, 0.6) is 5.75 Å². The average Bonchev–Trinajstić information content (AvgIpc) is 3.10. The number of nitrogens with one attached hydrogen (secondary N) is 1. The van der Waals surface area contributed by atoms with Crippen molar-refractivity contribution in [3.05, 3.63) is 59.3 Å². The molecule has 1 aromatic heterocycles. The van der Waals surface area contributed by atoms with Crippen molar-refractivity contribution in [2.45, 2.75) is 5.16 Å². The molecule has 25 heavy (non-hydrogen) atoms. The van der Waals surface area contributed by atoms with Gasteiger partial charge in [0.2, 0.25) is 5.91 Å². The Labute approximate surface area is 157 Å². The van der Waals surface area contributed by atoms with Gasteiger partial charge in [-0.15, -0.1) is 10.2 Å². The van der Waals surface area contributed by atoms with Crippen LogP contribution in [0.1, 0.15) is 0 Å². The van der Waals surface area contributed by atoms with Crippen molar-refractivity contribution in [2.75, 3.05) is 18.2 Å².